The van der Waals surface area contributed by atoms with Gasteiger partial charge in [0, 0.05) is 48.7 Å². The molecule has 8 nitrogen and oxygen atoms in total. The zero-order chi connectivity index (χ0) is 24.4. The lowest BCUT2D eigenvalue weighted by atomic mass is 9.98. The van der Waals surface area contributed by atoms with Crippen molar-refractivity contribution in [1.29, 1.82) is 0 Å². The van der Waals surface area contributed by atoms with Crippen molar-refractivity contribution in [1.82, 2.24) is 20.1 Å². The molecule has 1 N–H and O–H groups in total. The fourth-order valence-electron chi connectivity index (χ4n) is 4.73. The first-order chi connectivity index (χ1) is 17.0. The Labute approximate surface area is 203 Å². The Hall–Kier alpha value is -4.20. The van der Waals surface area contributed by atoms with Crippen LogP contribution in [0.3, 0.4) is 0 Å². The maximum absolute atomic E-state index is 13.3. The van der Waals surface area contributed by atoms with Gasteiger partial charge in [0.1, 0.15) is 12.4 Å². The third-order valence-electron chi connectivity index (χ3n) is 6.50. The van der Waals surface area contributed by atoms with Crippen molar-refractivity contribution in [3.05, 3.63) is 84.2 Å². The highest BCUT2D eigenvalue weighted by Gasteiger charge is 2.37. The maximum atomic E-state index is 13.3. The predicted octanol–water partition coefficient (Wildman–Crippen LogP) is 2.61. The molecule has 8 heteroatoms. The molecule has 2 aliphatic rings. The molecular weight excluding hydrogens is 444 g/mol. The number of hydrogen-bond donors (Lipinski definition) is 1. The van der Waals surface area contributed by atoms with Crippen LogP contribution in [0.25, 0.3) is 11.1 Å². The van der Waals surface area contributed by atoms with Crippen molar-refractivity contribution in [2.75, 3.05) is 26.7 Å². The number of carbonyl (C=O) groups is 3. The van der Waals surface area contributed by atoms with E-state index in [9.17, 15) is 14.4 Å². The molecule has 1 saturated heterocycles. The SMILES string of the molecule is CN1CC(=O)N2C[C@H](NC(=O)c3ccncc3)C[C@H]2COc2ccccc2-c2ccccc2C1=O. The third-order valence-corrected chi connectivity index (χ3v) is 6.50. The topological polar surface area (TPSA) is 91.8 Å². The van der Waals surface area contributed by atoms with Crippen molar-refractivity contribution in [2.24, 2.45) is 0 Å². The normalized spacial score (nSPS) is 20.0. The second-order valence-corrected chi connectivity index (χ2v) is 8.86. The van der Waals surface area contributed by atoms with Crippen LogP contribution in [0.4, 0.5) is 0 Å². The van der Waals surface area contributed by atoms with Crippen molar-refractivity contribution in [2.45, 2.75) is 18.5 Å². The summed E-state index contributed by atoms with van der Waals surface area (Å²) >= 11 is 0. The Morgan fingerprint density at radius 2 is 1.66 bits per heavy atom. The van der Waals surface area contributed by atoms with Gasteiger partial charge in [0.25, 0.3) is 11.8 Å². The number of likely N-dealkylation sites (N-methyl/N-ethyl adjacent to an activating group) is 1. The predicted molar refractivity (Wildman–Crippen MR) is 130 cm³/mol. The van der Waals surface area contributed by atoms with Gasteiger partial charge in [-0.25, -0.2) is 0 Å². The summed E-state index contributed by atoms with van der Waals surface area (Å²) in [5.41, 5.74) is 2.61. The molecule has 0 aliphatic carbocycles. The molecule has 0 saturated carbocycles. The molecule has 0 spiro atoms. The first-order valence-electron chi connectivity index (χ1n) is 11.6. The number of pyridine rings is 1. The summed E-state index contributed by atoms with van der Waals surface area (Å²) in [4.78, 5) is 46.4. The van der Waals surface area contributed by atoms with E-state index in [0.717, 1.165) is 11.1 Å². The standard InChI is InChI=1S/C27H26N4O4/c1-30-16-25(32)31-15-19(29-26(33)18-10-12-28-13-11-18)14-20(31)17-35-24-9-5-4-7-22(24)21-6-2-3-8-23(21)27(30)34/h2-13,19-20H,14-17H2,1H3,(H,29,33)/t19-,20+/m1/s1. The summed E-state index contributed by atoms with van der Waals surface area (Å²) in [5.74, 6) is 0.0223. The highest BCUT2D eigenvalue weighted by Crippen LogP contribution is 2.34. The maximum Gasteiger partial charge on any atom is 0.254 e. The molecule has 178 valence electrons. The second-order valence-electron chi connectivity index (χ2n) is 8.86. The number of carbonyl (C=O) groups excluding carboxylic acids is 3. The van der Waals surface area contributed by atoms with Gasteiger partial charge in [0.05, 0.1) is 12.6 Å². The smallest absolute Gasteiger partial charge is 0.254 e. The Bertz CT molecular complexity index is 1260. The fourth-order valence-corrected chi connectivity index (χ4v) is 4.73. The van der Waals surface area contributed by atoms with Crippen LogP contribution < -0.4 is 10.1 Å². The molecule has 2 aliphatic heterocycles. The van der Waals surface area contributed by atoms with E-state index < -0.39 is 0 Å². The number of nitrogens with one attached hydrogen (secondary N) is 1. The van der Waals surface area contributed by atoms with Gasteiger partial charge >= 0.3 is 0 Å². The monoisotopic (exact) mass is 470 g/mol. The minimum Gasteiger partial charge on any atom is -0.491 e. The van der Waals surface area contributed by atoms with Gasteiger partial charge in [-0.2, -0.15) is 0 Å². The molecular formula is C27H26N4O4. The quantitative estimate of drug-likeness (QED) is 0.622. The van der Waals surface area contributed by atoms with Crippen LogP contribution in [0.2, 0.25) is 0 Å². The highest BCUT2D eigenvalue weighted by atomic mass is 16.5. The molecule has 1 aromatic heterocycles. The first kappa shape index (κ1) is 22.6. The number of aromatic nitrogens is 1. The summed E-state index contributed by atoms with van der Waals surface area (Å²) in [7, 11) is 1.64. The number of nitrogens with zero attached hydrogens (tertiary/aromatic N) is 3. The van der Waals surface area contributed by atoms with Crippen LogP contribution in [0.1, 0.15) is 27.1 Å². The largest absolute Gasteiger partial charge is 0.491 e. The lowest BCUT2D eigenvalue weighted by Gasteiger charge is -2.28. The van der Waals surface area contributed by atoms with Gasteiger partial charge in [0.15, 0.2) is 0 Å². The molecule has 0 unspecified atom stereocenters. The van der Waals surface area contributed by atoms with Gasteiger partial charge in [-0.05, 0) is 36.2 Å². The van der Waals surface area contributed by atoms with E-state index in [1.54, 1.807) is 42.5 Å². The van der Waals surface area contributed by atoms with E-state index in [2.05, 4.69) is 10.3 Å². The van der Waals surface area contributed by atoms with Crippen molar-refractivity contribution in [3.8, 4) is 16.9 Å². The van der Waals surface area contributed by atoms with Gasteiger partial charge < -0.3 is 19.9 Å². The van der Waals surface area contributed by atoms with Crippen LogP contribution in [-0.2, 0) is 4.79 Å². The zero-order valence-electron chi connectivity index (χ0n) is 19.4. The van der Waals surface area contributed by atoms with E-state index in [1.165, 1.54) is 4.90 Å². The van der Waals surface area contributed by atoms with E-state index in [1.807, 2.05) is 42.5 Å². The first-order valence-corrected chi connectivity index (χ1v) is 11.6. The Balaban J connectivity index is 1.44. The number of ether oxygens (including phenoxy) is 1. The second kappa shape index (κ2) is 9.58. The van der Waals surface area contributed by atoms with Gasteiger partial charge in [-0.15, -0.1) is 0 Å². The van der Waals surface area contributed by atoms with E-state index in [-0.39, 0.29) is 43.0 Å². The van der Waals surface area contributed by atoms with Crippen molar-refractivity contribution >= 4 is 17.7 Å². The molecule has 0 bridgehead atoms. The van der Waals surface area contributed by atoms with E-state index in [0.29, 0.717) is 29.8 Å². The molecule has 2 atom stereocenters. The van der Waals surface area contributed by atoms with Crippen LogP contribution in [0, 0.1) is 0 Å². The summed E-state index contributed by atoms with van der Waals surface area (Å²) in [5, 5.41) is 3.03. The lowest BCUT2D eigenvalue weighted by molar-refractivity contribution is -0.133. The molecule has 0 radical (unpaired) electrons. The molecule has 1 fully saturated rings. The van der Waals surface area contributed by atoms with Crippen LogP contribution >= 0.6 is 0 Å². The summed E-state index contributed by atoms with van der Waals surface area (Å²) < 4.78 is 6.24. The summed E-state index contributed by atoms with van der Waals surface area (Å²) in [6.07, 6.45) is 3.69. The Morgan fingerprint density at radius 1 is 0.971 bits per heavy atom. The van der Waals surface area contributed by atoms with E-state index in [4.69, 9.17) is 4.74 Å². The number of benzene rings is 2. The molecule has 5 rings (SSSR count). The molecule has 3 aromatic rings. The van der Waals surface area contributed by atoms with Crippen LogP contribution in [-0.4, -0.2) is 71.3 Å². The fraction of sp³-hybridized carbons (Fsp3) is 0.259. The van der Waals surface area contributed by atoms with E-state index >= 15 is 0 Å². The lowest BCUT2D eigenvalue weighted by Crippen LogP contribution is -2.46. The van der Waals surface area contributed by atoms with Gasteiger partial charge in [-0.3, -0.25) is 19.4 Å². The van der Waals surface area contributed by atoms with Crippen molar-refractivity contribution < 1.29 is 19.1 Å². The molecule has 2 aromatic carbocycles. The number of amides is 3. The van der Waals surface area contributed by atoms with Gasteiger partial charge in [0.2, 0.25) is 5.91 Å². The van der Waals surface area contributed by atoms with Gasteiger partial charge in [-0.1, -0.05) is 36.4 Å². The average molecular weight is 471 g/mol. The van der Waals surface area contributed by atoms with Crippen LogP contribution in [0.5, 0.6) is 5.75 Å². The van der Waals surface area contributed by atoms with Crippen LogP contribution in [0.15, 0.2) is 73.1 Å². The molecule has 35 heavy (non-hydrogen) atoms. The summed E-state index contributed by atoms with van der Waals surface area (Å²) in [6, 6.07) is 17.8. The zero-order valence-corrected chi connectivity index (χ0v) is 19.4. The molecule has 3 amide bonds. The number of fused-ring (bicyclic) bond motifs is 4. The number of rotatable bonds is 2. The third kappa shape index (κ3) is 4.59. The highest BCUT2D eigenvalue weighted by molar-refractivity contribution is 6.02. The Morgan fingerprint density at radius 3 is 2.43 bits per heavy atom. The number of hydrogen-bond acceptors (Lipinski definition) is 5. The minimum absolute atomic E-state index is 0.0592. The summed E-state index contributed by atoms with van der Waals surface area (Å²) in [6.45, 7) is 0.574. The molecule has 3 heterocycles. The Kier molecular flexibility index (Phi) is 6.18. The average Bonchev–Trinajstić information content (AvgIpc) is 3.29. The number of para-hydroxylation sites is 1. The minimum atomic E-state index is -0.239. The van der Waals surface area contributed by atoms with Crippen molar-refractivity contribution in [3.63, 3.8) is 0 Å².